The molecule has 20 nitrogen and oxygen atoms in total. The monoisotopic (exact) mass is 1520 g/mol. The normalized spacial score (nSPS) is 11.1. The number of aromatic nitrogens is 9. The van der Waals surface area contributed by atoms with Gasteiger partial charge >= 0.3 is 11.9 Å². The number of phenols is 1. The van der Waals surface area contributed by atoms with E-state index in [1.54, 1.807) is 42.9 Å². The number of hydrogen-bond acceptors (Lipinski definition) is 17. The lowest BCUT2D eigenvalue weighted by atomic mass is 10.1. The third kappa shape index (κ3) is 25.5. The number of hydrogen-bond donors (Lipinski definition) is 2. The SMILES string of the molecule is C.C.COC(=O)c1ccc2cc(Br)ccc2n1.COC(=O)c1ccc2cc(Oc3ccc(-c4ccnn4COCC[Si](C)(C)C)cc3)ccc2n1.C[Si](C)(C)CCOCn1nccc1-c1ccc(O)cc1.C[Si](C)(C)CCOCn1nccc1-c1ccc(Oc2ccc3nc(CO)ccc3c2)cc1.[B]. The van der Waals surface area contributed by atoms with Crippen LogP contribution in [0.25, 0.3) is 66.5 Å². The van der Waals surface area contributed by atoms with Crippen molar-refractivity contribution in [3.05, 3.63) is 222 Å². The third-order valence-electron chi connectivity index (χ3n) is 15.7. The van der Waals surface area contributed by atoms with Crippen LogP contribution in [-0.4, -0.2) is 133 Å². The van der Waals surface area contributed by atoms with Crippen molar-refractivity contribution in [3.8, 4) is 62.5 Å². The maximum Gasteiger partial charge on any atom is 0.356 e. The molecule has 0 aliphatic carbocycles. The summed E-state index contributed by atoms with van der Waals surface area (Å²) in [5, 5.41) is 34.5. The molecule has 0 aliphatic rings. The summed E-state index contributed by atoms with van der Waals surface area (Å²) >= 11 is 3.37. The maximum atomic E-state index is 11.7. The van der Waals surface area contributed by atoms with E-state index in [4.69, 9.17) is 28.4 Å². The van der Waals surface area contributed by atoms with Gasteiger partial charge in [-0.05, 0) is 182 Å². The van der Waals surface area contributed by atoms with Gasteiger partial charge in [0.05, 0.1) is 60.2 Å². The number of benzene rings is 6. The molecule has 0 saturated carbocycles. The summed E-state index contributed by atoms with van der Waals surface area (Å²) in [6.07, 6.45) is 5.35. The molecule has 0 atom stereocenters. The second-order valence-electron chi connectivity index (χ2n) is 27.4. The zero-order valence-corrected chi connectivity index (χ0v) is 64.3. The molecule has 0 unspecified atom stereocenters. The summed E-state index contributed by atoms with van der Waals surface area (Å²) in [5.74, 6) is 2.30. The van der Waals surface area contributed by atoms with Gasteiger partial charge in [0, 0.05) is 108 Å². The number of nitrogens with zero attached hydrogens (tertiary/aromatic N) is 9. The molecule has 0 aliphatic heterocycles. The number of halogens is 1. The molecule has 12 aromatic rings. The molecular weight excluding hydrogens is 1430 g/mol. The molecule has 6 aromatic heterocycles. The minimum atomic E-state index is -1.11. The van der Waals surface area contributed by atoms with Gasteiger partial charge < -0.3 is 43.4 Å². The highest BCUT2D eigenvalue weighted by Crippen LogP contribution is 2.31. The van der Waals surface area contributed by atoms with Crippen LogP contribution in [-0.2, 0) is 50.5 Å². The third-order valence-corrected chi connectivity index (χ3v) is 21.3. The second-order valence-corrected chi connectivity index (χ2v) is 45.2. The molecule has 25 heteroatoms. The van der Waals surface area contributed by atoms with E-state index in [0.717, 1.165) is 121 Å². The fourth-order valence-electron chi connectivity index (χ4n) is 9.92. The number of carbonyl (C=O) groups is 2. The Balaban J connectivity index is 0.000000225. The molecule has 6 aromatic carbocycles. The van der Waals surface area contributed by atoms with E-state index >= 15 is 0 Å². The van der Waals surface area contributed by atoms with Gasteiger partial charge in [-0.25, -0.2) is 33.6 Å². The Morgan fingerprint density at radius 1 is 0.423 bits per heavy atom. The van der Waals surface area contributed by atoms with E-state index in [9.17, 15) is 19.8 Å². The predicted molar refractivity (Wildman–Crippen MR) is 428 cm³/mol. The molecule has 12 rings (SSSR count). The van der Waals surface area contributed by atoms with Crippen molar-refractivity contribution in [1.82, 2.24) is 44.3 Å². The van der Waals surface area contributed by atoms with Gasteiger partial charge in [-0.2, -0.15) is 15.3 Å². The van der Waals surface area contributed by atoms with Gasteiger partial charge in [0.15, 0.2) is 0 Å². The number of esters is 2. The number of pyridine rings is 3. The number of phenolic OH excluding ortho intramolecular Hbond substituents is 1. The molecule has 545 valence electrons. The Kier molecular flexibility index (Phi) is 31.7. The van der Waals surface area contributed by atoms with Crippen LogP contribution < -0.4 is 9.47 Å². The van der Waals surface area contributed by atoms with Crippen molar-refractivity contribution < 1.29 is 53.0 Å². The first-order valence-corrected chi connectivity index (χ1v) is 45.1. The van der Waals surface area contributed by atoms with Gasteiger partial charge in [0.25, 0.3) is 0 Å². The Labute approximate surface area is 624 Å². The van der Waals surface area contributed by atoms with Crippen LogP contribution in [0.1, 0.15) is 41.5 Å². The number of aliphatic hydroxyl groups is 1. The van der Waals surface area contributed by atoms with Crippen molar-refractivity contribution in [2.45, 2.75) is 119 Å². The number of aliphatic hydroxyl groups excluding tert-OH is 1. The highest BCUT2D eigenvalue weighted by Gasteiger charge is 2.17. The molecule has 2 N–H and O–H groups in total. The maximum absolute atomic E-state index is 11.7. The zero-order valence-electron chi connectivity index (χ0n) is 59.7. The summed E-state index contributed by atoms with van der Waals surface area (Å²) in [6.45, 7) is 24.7. The van der Waals surface area contributed by atoms with Gasteiger partial charge in [0.1, 0.15) is 60.3 Å². The van der Waals surface area contributed by atoms with Crippen molar-refractivity contribution in [3.63, 3.8) is 0 Å². The van der Waals surface area contributed by atoms with Crippen LogP contribution in [0.15, 0.2) is 205 Å². The van der Waals surface area contributed by atoms with E-state index in [1.165, 1.54) is 14.2 Å². The Morgan fingerprint density at radius 3 is 1.12 bits per heavy atom. The minimum Gasteiger partial charge on any atom is -0.508 e. The van der Waals surface area contributed by atoms with Crippen LogP contribution in [0.5, 0.6) is 28.7 Å². The largest absolute Gasteiger partial charge is 0.508 e. The number of rotatable bonds is 25. The van der Waals surface area contributed by atoms with E-state index in [-0.39, 0.29) is 41.3 Å². The molecule has 0 fully saturated rings. The van der Waals surface area contributed by atoms with E-state index in [2.05, 4.69) is 110 Å². The Hall–Kier alpha value is -9.44. The van der Waals surface area contributed by atoms with Gasteiger partial charge in [-0.15, -0.1) is 0 Å². The summed E-state index contributed by atoms with van der Waals surface area (Å²) in [7, 11) is -0.569. The molecule has 0 saturated heterocycles. The van der Waals surface area contributed by atoms with Crippen molar-refractivity contribution in [2.24, 2.45) is 0 Å². The number of aromatic hydroxyl groups is 1. The molecule has 0 bridgehead atoms. The first-order valence-electron chi connectivity index (χ1n) is 33.2. The zero-order chi connectivity index (χ0) is 72.1. The van der Waals surface area contributed by atoms with Crippen LogP contribution in [0.2, 0.25) is 77.1 Å². The van der Waals surface area contributed by atoms with E-state index < -0.39 is 36.2 Å². The molecule has 3 radical (unpaired) electrons. The lowest BCUT2D eigenvalue weighted by Crippen LogP contribution is -2.22. The fourth-order valence-corrected chi connectivity index (χ4v) is 12.6. The summed E-state index contributed by atoms with van der Waals surface area (Å²) in [6, 6.07) is 60.0. The number of carbonyl (C=O) groups excluding carboxylic acids is 2. The lowest BCUT2D eigenvalue weighted by Gasteiger charge is -2.16. The van der Waals surface area contributed by atoms with Crippen LogP contribution >= 0.6 is 15.9 Å². The minimum absolute atomic E-state index is 0. The number of methoxy groups -OCH3 is 2. The topological polar surface area (TPSA) is 231 Å². The van der Waals surface area contributed by atoms with E-state index in [1.807, 2.05) is 172 Å². The molecule has 0 spiro atoms. The quantitative estimate of drug-likeness (QED) is 0.0308. The molecular formula is C79H96BBrN9O11Si3. The Bertz CT molecular complexity index is 4680. The summed E-state index contributed by atoms with van der Waals surface area (Å²) in [4.78, 5) is 35.8. The van der Waals surface area contributed by atoms with Gasteiger partial charge in [0.2, 0.25) is 0 Å². The van der Waals surface area contributed by atoms with Crippen LogP contribution in [0.3, 0.4) is 0 Å². The molecule has 6 heterocycles. The molecule has 104 heavy (non-hydrogen) atoms. The van der Waals surface area contributed by atoms with Crippen LogP contribution in [0.4, 0.5) is 0 Å². The first kappa shape index (κ1) is 83.5. The fraction of sp³-hybridized carbons (Fsp3) is 0.291. The first-order chi connectivity index (χ1) is 48.4. The average molecular weight is 1520 g/mol. The predicted octanol–water partition coefficient (Wildman–Crippen LogP) is 18.9. The van der Waals surface area contributed by atoms with Crippen LogP contribution in [0, 0.1) is 0 Å². The second kappa shape index (κ2) is 39.4. The highest BCUT2D eigenvalue weighted by molar-refractivity contribution is 9.10. The van der Waals surface area contributed by atoms with Gasteiger partial charge in [-0.3, -0.25) is 4.98 Å². The Morgan fingerprint density at radius 2 is 0.760 bits per heavy atom. The lowest BCUT2D eigenvalue weighted by molar-refractivity contribution is 0.0586. The van der Waals surface area contributed by atoms with Crippen molar-refractivity contribution in [1.29, 1.82) is 0 Å². The standard InChI is InChI=1S/C26H29N3O4Si.C25H29N3O3Si.C15H22N2O2Si.C11H8BrNO2.2CH4.B/c1-31-26(30)24-11-7-20-17-22(10-12-23(20)28-24)33-21-8-5-19(6-9-21)25-13-14-27-29(25)18-32-15-16-34(2,3)4;1-32(2,3)15-14-30-18-28-25(12-13-26-28)19-5-8-22(9-6-19)31-23-10-11-24-20(16-23)4-7-21(17-29)27-24;1-20(2,3)11-10-19-12-17-15(8-9-16-17)13-4-6-14(18)7-5-13;1-15-11(14)10-4-2-7-6-8(12)3-5-9(7)13-10;;;/h5-14,17H,15-16,18H2,1-4H3;4-13,16,29H,14-15,17-18H2,1-3H3;4-9,18H,10-12H2,1-3H3;2-6H,1H3;2*1H4;. The number of ether oxygens (including phenoxy) is 7. The average Bonchev–Trinajstić information content (AvgIpc) is 1.80. The van der Waals surface area contributed by atoms with E-state index in [0.29, 0.717) is 42.8 Å². The highest BCUT2D eigenvalue weighted by atomic mass is 79.9. The van der Waals surface area contributed by atoms with Gasteiger partial charge in [-0.1, -0.05) is 108 Å². The van der Waals surface area contributed by atoms with Crippen molar-refractivity contribution in [2.75, 3.05) is 34.0 Å². The summed E-state index contributed by atoms with van der Waals surface area (Å²) in [5.41, 5.74) is 9.70. The smallest absolute Gasteiger partial charge is 0.356 e. The molecule has 0 amide bonds. The number of fused-ring (bicyclic) bond motifs is 3. The van der Waals surface area contributed by atoms with Crippen molar-refractivity contribution >= 4 is 93.2 Å². The summed E-state index contributed by atoms with van der Waals surface area (Å²) < 4.78 is 45.4.